The number of hydrogen-bond donors (Lipinski definition) is 4. The van der Waals surface area contributed by atoms with Crippen LogP contribution in [-0.2, 0) is 16.4 Å². The summed E-state index contributed by atoms with van der Waals surface area (Å²) in [5.41, 5.74) is 1.74. The molecular weight excluding hydrogens is 477 g/mol. The number of guanidine groups is 1. The normalized spacial score (nSPS) is 12.7. The average molecular weight is 507 g/mol. The highest BCUT2D eigenvalue weighted by atomic mass is 127. The van der Waals surface area contributed by atoms with Gasteiger partial charge in [-0.15, -0.1) is 24.0 Å². The number of nitrogens with zero attached hydrogens (tertiary/aromatic N) is 1. The first-order chi connectivity index (χ1) is 12.2. The molecule has 4 N–H and O–H groups in total. The van der Waals surface area contributed by atoms with E-state index < -0.39 is 15.6 Å². The van der Waals surface area contributed by atoms with Gasteiger partial charge in [0.1, 0.15) is 0 Å². The van der Waals surface area contributed by atoms with Crippen LogP contribution in [0.3, 0.4) is 0 Å². The van der Waals surface area contributed by atoms with Crippen molar-refractivity contribution in [1.82, 2.24) is 20.3 Å². The first kappa shape index (κ1) is 23.7. The largest absolute Gasteiger partial charge is 0.361 e. The Morgan fingerprint density at radius 2 is 1.93 bits per heavy atom. The third kappa shape index (κ3) is 8.06. The first-order valence-electron chi connectivity index (χ1n) is 8.76. The van der Waals surface area contributed by atoms with E-state index in [0.717, 1.165) is 31.3 Å². The Hall–Kier alpha value is -1.33. The zero-order valence-corrected chi connectivity index (χ0v) is 19.4. The fraction of sp³-hybridized carbons (Fsp3) is 0.500. The van der Waals surface area contributed by atoms with Crippen molar-refractivity contribution in [3.05, 3.63) is 36.0 Å². The van der Waals surface area contributed by atoms with Crippen molar-refractivity contribution in [3.63, 3.8) is 0 Å². The lowest BCUT2D eigenvalue weighted by Crippen LogP contribution is -2.47. The van der Waals surface area contributed by atoms with Crippen LogP contribution in [0.15, 0.2) is 35.5 Å². The van der Waals surface area contributed by atoms with Crippen molar-refractivity contribution in [2.75, 3.05) is 25.9 Å². The van der Waals surface area contributed by atoms with Crippen LogP contribution in [0.1, 0.15) is 26.3 Å². The fourth-order valence-electron chi connectivity index (χ4n) is 2.81. The zero-order valence-electron chi connectivity index (χ0n) is 16.3. The predicted octanol–water partition coefficient (Wildman–Crippen LogP) is 2.21. The fourth-order valence-corrected chi connectivity index (χ4v) is 3.87. The SMILES string of the molecule is CCNC(=NCC(C)(C)NS(C)(=O)=O)NCCc1c[nH]c2ccccc12.I. The number of H-pyrrole nitrogens is 1. The molecule has 0 aliphatic carbocycles. The zero-order chi connectivity index (χ0) is 19.2. The Bertz CT molecular complexity index is 862. The van der Waals surface area contributed by atoms with Crippen molar-refractivity contribution in [2.24, 2.45) is 4.99 Å². The van der Waals surface area contributed by atoms with Gasteiger partial charge in [0.05, 0.1) is 12.8 Å². The highest BCUT2D eigenvalue weighted by Crippen LogP contribution is 2.17. The summed E-state index contributed by atoms with van der Waals surface area (Å²) in [7, 11) is -3.27. The standard InChI is InChI=1S/C18H29N5O2S.HI/c1-5-19-17(22-13-18(2,3)23-26(4,24)25)20-11-10-14-12-21-16-9-7-6-8-15(14)16;/h6-9,12,21,23H,5,10-11,13H2,1-4H3,(H2,19,20,22);1H. The molecule has 0 aliphatic heterocycles. The van der Waals surface area contributed by atoms with E-state index in [1.165, 1.54) is 10.9 Å². The number of benzene rings is 1. The quantitative estimate of drug-likeness (QED) is 0.250. The van der Waals surface area contributed by atoms with E-state index >= 15 is 0 Å². The molecule has 0 unspecified atom stereocenters. The summed E-state index contributed by atoms with van der Waals surface area (Å²) in [6.45, 7) is 7.42. The maximum Gasteiger partial charge on any atom is 0.209 e. The number of para-hydroxylation sites is 1. The van der Waals surface area contributed by atoms with Crippen LogP contribution in [-0.4, -0.2) is 50.8 Å². The van der Waals surface area contributed by atoms with Crippen LogP contribution in [0.4, 0.5) is 0 Å². The number of aromatic nitrogens is 1. The lowest BCUT2D eigenvalue weighted by atomic mass is 10.1. The highest BCUT2D eigenvalue weighted by Gasteiger charge is 2.21. The van der Waals surface area contributed by atoms with Gasteiger partial charge in [0, 0.05) is 35.7 Å². The first-order valence-corrected chi connectivity index (χ1v) is 10.7. The number of nitrogens with one attached hydrogen (secondary N) is 4. The van der Waals surface area contributed by atoms with Crippen molar-refractivity contribution in [2.45, 2.75) is 32.7 Å². The second-order valence-corrected chi connectivity index (χ2v) is 8.74. The van der Waals surface area contributed by atoms with Crippen molar-refractivity contribution in [3.8, 4) is 0 Å². The number of hydrogen-bond acceptors (Lipinski definition) is 3. The predicted molar refractivity (Wildman–Crippen MR) is 123 cm³/mol. The van der Waals surface area contributed by atoms with Gasteiger partial charge in [0.25, 0.3) is 0 Å². The lowest BCUT2D eigenvalue weighted by Gasteiger charge is -2.23. The lowest BCUT2D eigenvalue weighted by molar-refractivity contribution is 0.464. The van der Waals surface area contributed by atoms with Crippen LogP contribution in [0, 0.1) is 0 Å². The molecule has 7 nitrogen and oxygen atoms in total. The average Bonchev–Trinajstić information content (AvgIpc) is 2.94. The van der Waals surface area contributed by atoms with Crippen molar-refractivity contribution in [1.29, 1.82) is 0 Å². The molecule has 152 valence electrons. The Labute approximate surface area is 178 Å². The van der Waals surface area contributed by atoms with Gasteiger partial charge in [-0.1, -0.05) is 18.2 Å². The minimum absolute atomic E-state index is 0. The molecule has 1 heterocycles. The maximum absolute atomic E-state index is 11.4. The second-order valence-electron chi connectivity index (χ2n) is 6.99. The second kappa shape index (κ2) is 10.3. The van der Waals surface area contributed by atoms with Crippen molar-refractivity contribution >= 4 is 50.9 Å². The molecule has 2 aromatic rings. The van der Waals surface area contributed by atoms with Crippen LogP contribution >= 0.6 is 24.0 Å². The van der Waals surface area contributed by atoms with Gasteiger partial charge in [-0.25, -0.2) is 13.1 Å². The summed E-state index contributed by atoms with van der Waals surface area (Å²) in [4.78, 5) is 7.79. The highest BCUT2D eigenvalue weighted by molar-refractivity contribution is 14.0. The van der Waals surface area contributed by atoms with Gasteiger partial charge < -0.3 is 15.6 Å². The molecule has 2 rings (SSSR count). The van der Waals surface area contributed by atoms with E-state index in [4.69, 9.17) is 0 Å². The molecule has 0 saturated heterocycles. The Morgan fingerprint density at radius 3 is 2.59 bits per heavy atom. The smallest absolute Gasteiger partial charge is 0.209 e. The molecule has 0 fully saturated rings. The van der Waals surface area contributed by atoms with Crippen LogP contribution < -0.4 is 15.4 Å². The molecule has 0 bridgehead atoms. The van der Waals surface area contributed by atoms with Crippen molar-refractivity contribution < 1.29 is 8.42 Å². The molecule has 0 saturated carbocycles. The summed E-state index contributed by atoms with van der Waals surface area (Å²) in [6.07, 6.45) is 4.05. The van der Waals surface area contributed by atoms with E-state index in [9.17, 15) is 8.42 Å². The summed E-state index contributed by atoms with van der Waals surface area (Å²) in [6, 6.07) is 8.23. The Balaban J connectivity index is 0.00000364. The molecule has 9 heteroatoms. The topological polar surface area (TPSA) is 98.4 Å². The molecule has 0 aliphatic rings. The van der Waals surface area contributed by atoms with Gasteiger partial charge in [-0.05, 0) is 38.8 Å². The molecule has 1 aromatic heterocycles. The number of halogens is 1. The number of aliphatic imine (C=N–C) groups is 1. The number of rotatable bonds is 8. The van der Waals surface area contributed by atoms with Crippen LogP contribution in [0.5, 0.6) is 0 Å². The summed E-state index contributed by atoms with van der Waals surface area (Å²) < 4.78 is 25.5. The minimum atomic E-state index is -3.27. The van der Waals surface area contributed by atoms with Gasteiger partial charge in [0.2, 0.25) is 10.0 Å². The van der Waals surface area contributed by atoms with E-state index in [0.29, 0.717) is 12.5 Å². The van der Waals surface area contributed by atoms with Crippen LogP contribution in [0.25, 0.3) is 10.9 Å². The molecule has 0 spiro atoms. The molecule has 27 heavy (non-hydrogen) atoms. The van der Waals surface area contributed by atoms with Gasteiger partial charge in [-0.2, -0.15) is 0 Å². The summed E-state index contributed by atoms with van der Waals surface area (Å²) in [5, 5.41) is 7.73. The Kier molecular flexibility index (Phi) is 9.03. The molecule has 0 radical (unpaired) electrons. The van der Waals surface area contributed by atoms with Gasteiger partial charge in [-0.3, -0.25) is 4.99 Å². The third-order valence-corrected chi connectivity index (χ3v) is 4.72. The monoisotopic (exact) mass is 507 g/mol. The number of aromatic amines is 1. The molecule has 0 amide bonds. The van der Waals surface area contributed by atoms with Gasteiger partial charge in [0.15, 0.2) is 5.96 Å². The molecule has 0 atom stereocenters. The number of sulfonamides is 1. The summed E-state index contributed by atoms with van der Waals surface area (Å²) >= 11 is 0. The minimum Gasteiger partial charge on any atom is -0.361 e. The summed E-state index contributed by atoms with van der Waals surface area (Å²) in [5.74, 6) is 0.677. The van der Waals surface area contributed by atoms with E-state index in [2.05, 4.69) is 37.5 Å². The van der Waals surface area contributed by atoms with E-state index in [-0.39, 0.29) is 24.0 Å². The number of fused-ring (bicyclic) bond motifs is 1. The maximum atomic E-state index is 11.4. The third-order valence-electron chi connectivity index (χ3n) is 3.80. The van der Waals surface area contributed by atoms with Gasteiger partial charge >= 0.3 is 0 Å². The molecular formula is C18H30IN5O2S. The molecule has 1 aromatic carbocycles. The Morgan fingerprint density at radius 1 is 1.22 bits per heavy atom. The van der Waals surface area contributed by atoms with Crippen LogP contribution in [0.2, 0.25) is 0 Å². The van der Waals surface area contributed by atoms with E-state index in [1.54, 1.807) is 0 Å². The van der Waals surface area contributed by atoms with E-state index in [1.807, 2.05) is 39.1 Å².